The Morgan fingerprint density at radius 2 is 1.77 bits per heavy atom. The number of nitrogens with two attached hydrogens (primary N) is 1. The van der Waals surface area contributed by atoms with Gasteiger partial charge >= 0.3 is 0 Å². The summed E-state index contributed by atoms with van der Waals surface area (Å²) in [6.45, 7) is 6.57. The first-order valence-corrected chi connectivity index (χ1v) is 11.5. The van der Waals surface area contributed by atoms with Gasteiger partial charge in [0, 0.05) is 24.2 Å². The Labute approximate surface area is 207 Å². The molecule has 0 aliphatic carbocycles. The van der Waals surface area contributed by atoms with Gasteiger partial charge in [0.25, 0.3) is 0 Å². The van der Waals surface area contributed by atoms with Gasteiger partial charge in [-0.15, -0.1) is 5.10 Å². The van der Waals surface area contributed by atoms with E-state index in [2.05, 4.69) is 15.1 Å². The number of aliphatic hydroxyl groups is 1. The van der Waals surface area contributed by atoms with Crippen LogP contribution >= 0.6 is 11.6 Å². The SMILES string of the molecule is CC.CC(F)(CCOc1ccc(Cl)c(-c2ccn3nc(N)nc3c2)n1)C(C)(O)c1ccc(F)cc1. The van der Waals surface area contributed by atoms with Crippen molar-refractivity contribution >= 4 is 23.2 Å². The van der Waals surface area contributed by atoms with E-state index in [1.165, 1.54) is 42.6 Å². The molecule has 0 spiro atoms. The van der Waals surface area contributed by atoms with Gasteiger partial charge in [-0.25, -0.2) is 18.3 Å². The van der Waals surface area contributed by atoms with Gasteiger partial charge in [0.1, 0.15) is 17.1 Å². The number of hydrogen-bond acceptors (Lipinski definition) is 6. The molecule has 0 aliphatic rings. The number of nitrogens with zero attached hydrogens (tertiary/aromatic N) is 4. The van der Waals surface area contributed by atoms with E-state index < -0.39 is 17.1 Å². The normalized spacial score (nSPS) is 14.5. The summed E-state index contributed by atoms with van der Waals surface area (Å²) in [6, 6.07) is 11.8. The molecule has 0 aliphatic heterocycles. The third kappa shape index (κ3) is 5.68. The molecule has 3 heterocycles. The number of nitrogen functional groups attached to an aromatic ring is 1. The van der Waals surface area contributed by atoms with E-state index in [0.29, 0.717) is 21.9 Å². The minimum atomic E-state index is -2.06. The number of aromatic nitrogens is 4. The van der Waals surface area contributed by atoms with Crippen LogP contribution in [0.5, 0.6) is 5.88 Å². The maximum Gasteiger partial charge on any atom is 0.240 e. The molecular formula is C25H28ClF2N5O2. The summed E-state index contributed by atoms with van der Waals surface area (Å²) < 4.78 is 35.8. The van der Waals surface area contributed by atoms with Gasteiger partial charge in [-0.2, -0.15) is 4.98 Å². The fourth-order valence-corrected chi connectivity index (χ4v) is 3.63. The summed E-state index contributed by atoms with van der Waals surface area (Å²) in [5, 5.41) is 15.2. The average molecular weight is 504 g/mol. The second-order valence-corrected chi connectivity index (χ2v) is 8.45. The fourth-order valence-electron chi connectivity index (χ4n) is 3.42. The lowest BCUT2D eigenvalue weighted by Gasteiger charge is -2.36. The molecule has 0 saturated heterocycles. The third-order valence-corrected chi connectivity index (χ3v) is 6.00. The van der Waals surface area contributed by atoms with Gasteiger partial charge < -0.3 is 15.6 Å². The van der Waals surface area contributed by atoms with E-state index in [1.54, 1.807) is 30.5 Å². The van der Waals surface area contributed by atoms with Gasteiger partial charge in [-0.05, 0) is 49.7 Å². The second kappa shape index (κ2) is 10.5. The number of benzene rings is 1. The van der Waals surface area contributed by atoms with Crippen LogP contribution in [0.25, 0.3) is 16.9 Å². The van der Waals surface area contributed by atoms with Crippen LogP contribution in [-0.4, -0.2) is 37.0 Å². The highest BCUT2D eigenvalue weighted by atomic mass is 35.5. The number of fused-ring (bicyclic) bond motifs is 1. The molecule has 7 nitrogen and oxygen atoms in total. The number of ether oxygens (including phenoxy) is 1. The number of rotatable bonds is 7. The average Bonchev–Trinajstić information content (AvgIpc) is 3.20. The van der Waals surface area contributed by atoms with E-state index in [0.717, 1.165) is 0 Å². The molecule has 0 saturated carbocycles. The molecule has 0 fully saturated rings. The van der Waals surface area contributed by atoms with Crippen LogP contribution in [0.3, 0.4) is 0 Å². The van der Waals surface area contributed by atoms with Crippen molar-refractivity contribution in [2.75, 3.05) is 12.3 Å². The van der Waals surface area contributed by atoms with E-state index in [9.17, 15) is 9.50 Å². The zero-order valence-electron chi connectivity index (χ0n) is 20.0. The zero-order chi connectivity index (χ0) is 25.8. The highest BCUT2D eigenvalue weighted by molar-refractivity contribution is 6.33. The van der Waals surface area contributed by atoms with Crippen LogP contribution in [0.2, 0.25) is 5.02 Å². The summed E-state index contributed by atoms with van der Waals surface area (Å²) in [6.07, 6.45) is 1.55. The van der Waals surface area contributed by atoms with Crippen molar-refractivity contribution in [3.05, 3.63) is 71.1 Å². The first-order valence-electron chi connectivity index (χ1n) is 11.2. The molecule has 0 radical (unpaired) electrons. The predicted molar refractivity (Wildman–Crippen MR) is 133 cm³/mol. The maximum atomic E-state index is 15.4. The first kappa shape index (κ1) is 26.3. The second-order valence-electron chi connectivity index (χ2n) is 8.04. The minimum absolute atomic E-state index is 0.0574. The van der Waals surface area contributed by atoms with E-state index >= 15 is 4.39 Å². The Morgan fingerprint density at radius 1 is 1.09 bits per heavy atom. The summed E-state index contributed by atoms with van der Waals surface area (Å²) in [4.78, 5) is 8.56. The summed E-state index contributed by atoms with van der Waals surface area (Å²) in [5.41, 5.74) is 3.66. The molecule has 0 amide bonds. The van der Waals surface area contributed by atoms with Crippen molar-refractivity contribution in [2.45, 2.75) is 45.4 Å². The molecule has 2 atom stereocenters. The van der Waals surface area contributed by atoms with E-state index in [4.69, 9.17) is 22.1 Å². The summed E-state index contributed by atoms with van der Waals surface area (Å²) >= 11 is 6.33. The number of halogens is 3. The lowest BCUT2D eigenvalue weighted by atomic mass is 9.80. The van der Waals surface area contributed by atoms with Gasteiger partial charge in [-0.3, -0.25) is 0 Å². The van der Waals surface area contributed by atoms with Crippen molar-refractivity contribution in [3.8, 4) is 17.1 Å². The van der Waals surface area contributed by atoms with Crippen molar-refractivity contribution in [3.63, 3.8) is 0 Å². The van der Waals surface area contributed by atoms with E-state index in [1.807, 2.05) is 13.8 Å². The number of hydrogen-bond donors (Lipinski definition) is 2. The first-order chi connectivity index (χ1) is 16.6. The molecule has 10 heteroatoms. The Kier molecular flexibility index (Phi) is 7.92. The molecule has 35 heavy (non-hydrogen) atoms. The van der Waals surface area contributed by atoms with Gasteiger partial charge in [-0.1, -0.05) is 37.6 Å². The quantitative estimate of drug-likeness (QED) is 0.341. The van der Waals surface area contributed by atoms with Crippen LogP contribution in [-0.2, 0) is 5.60 Å². The highest BCUT2D eigenvalue weighted by Crippen LogP contribution is 2.38. The Morgan fingerprint density at radius 3 is 2.46 bits per heavy atom. The molecule has 3 aromatic heterocycles. The molecular weight excluding hydrogens is 476 g/mol. The fraction of sp³-hybridized carbons (Fsp3) is 0.320. The van der Waals surface area contributed by atoms with Gasteiger partial charge in [0.05, 0.1) is 17.3 Å². The van der Waals surface area contributed by atoms with Crippen molar-refractivity contribution in [1.82, 2.24) is 19.6 Å². The molecule has 4 rings (SSSR count). The molecule has 186 valence electrons. The highest BCUT2D eigenvalue weighted by Gasteiger charge is 2.45. The van der Waals surface area contributed by atoms with Crippen molar-refractivity contribution in [2.24, 2.45) is 0 Å². The third-order valence-electron chi connectivity index (χ3n) is 5.69. The van der Waals surface area contributed by atoms with Crippen LogP contribution in [0.4, 0.5) is 14.7 Å². The van der Waals surface area contributed by atoms with Crippen molar-refractivity contribution < 1.29 is 18.6 Å². The molecule has 1 aromatic carbocycles. The molecule has 4 aromatic rings. The van der Waals surface area contributed by atoms with Crippen LogP contribution < -0.4 is 10.5 Å². The minimum Gasteiger partial charge on any atom is -0.478 e. The molecule has 0 bridgehead atoms. The number of alkyl halides is 1. The summed E-state index contributed by atoms with van der Waals surface area (Å²) in [7, 11) is 0. The number of pyridine rings is 2. The Balaban J connectivity index is 0.00000167. The lowest BCUT2D eigenvalue weighted by molar-refractivity contribution is -0.0955. The maximum absolute atomic E-state index is 15.4. The lowest BCUT2D eigenvalue weighted by Crippen LogP contribution is -2.45. The van der Waals surface area contributed by atoms with Crippen LogP contribution in [0.15, 0.2) is 54.7 Å². The van der Waals surface area contributed by atoms with Gasteiger partial charge in [0.2, 0.25) is 11.8 Å². The monoisotopic (exact) mass is 503 g/mol. The summed E-state index contributed by atoms with van der Waals surface area (Å²) in [5.74, 6) is -0.0729. The van der Waals surface area contributed by atoms with Gasteiger partial charge in [0.15, 0.2) is 5.65 Å². The Hall–Kier alpha value is -3.30. The van der Waals surface area contributed by atoms with Crippen molar-refractivity contribution in [1.29, 1.82) is 0 Å². The topological polar surface area (TPSA) is 98.6 Å². The molecule has 2 unspecified atom stereocenters. The predicted octanol–water partition coefficient (Wildman–Crippen LogP) is 5.60. The van der Waals surface area contributed by atoms with Crippen LogP contribution in [0, 0.1) is 5.82 Å². The standard InChI is InChI=1S/C23H22ClF2N5O2.C2H6/c1-22(26,23(2,32)15-3-5-16(25)6-4-15)10-12-33-19-8-7-17(24)20(29-19)14-9-11-31-18(13-14)28-21(27)30-31;1-2/h3-9,11,13,32H,10,12H2,1-2H3,(H2,27,30);1-2H3. The van der Waals surface area contributed by atoms with Crippen LogP contribution in [0.1, 0.15) is 39.7 Å². The zero-order valence-corrected chi connectivity index (χ0v) is 20.7. The Bertz CT molecular complexity index is 1290. The smallest absolute Gasteiger partial charge is 0.240 e. The largest absolute Gasteiger partial charge is 0.478 e. The van der Waals surface area contributed by atoms with E-state index in [-0.39, 0.29) is 30.4 Å². The molecule has 3 N–H and O–H groups in total. The number of anilines is 1.